The molecule has 186 valence electrons. The molecule has 35 heavy (non-hydrogen) atoms. The van der Waals surface area contributed by atoms with E-state index < -0.39 is 17.9 Å². The Morgan fingerprint density at radius 2 is 2.06 bits per heavy atom. The minimum absolute atomic E-state index is 0.153. The van der Waals surface area contributed by atoms with Crippen LogP contribution < -0.4 is 9.64 Å². The normalized spacial score (nSPS) is 22.3. The van der Waals surface area contributed by atoms with Crippen molar-refractivity contribution in [1.29, 1.82) is 0 Å². The minimum Gasteiger partial charge on any atom is -0.490 e. The van der Waals surface area contributed by atoms with Crippen molar-refractivity contribution in [3.8, 4) is 5.75 Å². The largest absolute Gasteiger partial charge is 0.490 e. The van der Waals surface area contributed by atoms with Crippen molar-refractivity contribution in [2.75, 3.05) is 31.7 Å². The van der Waals surface area contributed by atoms with E-state index in [0.717, 1.165) is 48.8 Å². The number of aliphatic carboxylic acids is 1. The van der Waals surface area contributed by atoms with Crippen molar-refractivity contribution in [3.63, 3.8) is 0 Å². The number of benzene rings is 2. The highest BCUT2D eigenvalue weighted by Gasteiger charge is 2.42. The molecule has 6 nitrogen and oxygen atoms in total. The second-order valence-corrected chi connectivity index (χ2v) is 10.7. The zero-order valence-corrected chi connectivity index (χ0v) is 20.9. The van der Waals surface area contributed by atoms with Gasteiger partial charge in [-0.05, 0) is 79.0 Å². The molecular weight excluding hydrogens is 466 g/mol. The Balaban J connectivity index is 1.54. The Morgan fingerprint density at radius 3 is 2.77 bits per heavy atom. The maximum absolute atomic E-state index is 12.0. The quantitative estimate of drug-likeness (QED) is 0.542. The maximum Gasteiger partial charge on any atom is 0.311 e. The van der Waals surface area contributed by atoms with Gasteiger partial charge >= 0.3 is 11.9 Å². The molecule has 2 aliphatic carbocycles. The molecule has 7 heteroatoms. The lowest BCUT2D eigenvalue weighted by molar-refractivity contribution is -0.147. The summed E-state index contributed by atoms with van der Waals surface area (Å²) in [5.41, 5.74) is 3.97. The fraction of sp³-hybridized carbons (Fsp3) is 0.500. The van der Waals surface area contributed by atoms with Gasteiger partial charge in [-0.1, -0.05) is 30.2 Å². The standard InChI is InChI=1S/C28H32ClNO5/c1-34-26(31)14-22(27(32)33)19-7-10-25-24(13-19)30(15-18-4-2-5-18)16-28(17-35-25)11-3-6-20-12-21(29)8-9-23(20)28/h7-10,12-13,18,22H,2-6,11,14-17H2,1H3,(H,32,33)/t22-,28-/m0/s1. The van der Waals surface area contributed by atoms with E-state index in [9.17, 15) is 14.7 Å². The summed E-state index contributed by atoms with van der Waals surface area (Å²) in [6.45, 7) is 2.29. The Bertz CT molecular complexity index is 1130. The number of carboxylic acid groups (broad SMARTS) is 1. The average Bonchev–Trinajstić information content (AvgIpc) is 2.96. The third kappa shape index (κ3) is 4.73. The van der Waals surface area contributed by atoms with E-state index in [-0.39, 0.29) is 11.8 Å². The van der Waals surface area contributed by atoms with Crippen LogP contribution in [0.25, 0.3) is 0 Å². The molecule has 0 saturated heterocycles. The molecule has 3 aliphatic rings. The predicted molar refractivity (Wildman–Crippen MR) is 135 cm³/mol. The van der Waals surface area contributed by atoms with Crippen molar-refractivity contribution in [1.82, 2.24) is 0 Å². The molecule has 2 aromatic carbocycles. The smallest absolute Gasteiger partial charge is 0.311 e. The highest BCUT2D eigenvalue weighted by Crippen LogP contribution is 2.46. The van der Waals surface area contributed by atoms with Crippen LogP contribution in [0.15, 0.2) is 36.4 Å². The van der Waals surface area contributed by atoms with E-state index in [1.807, 2.05) is 18.2 Å². The van der Waals surface area contributed by atoms with E-state index in [0.29, 0.717) is 18.1 Å². The Morgan fingerprint density at radius 1 is 1.23 bits per heavy atom. The predicted octanol–water partition coefficient (Wildman–Crippen LogP) is 5.34. The van der Waals surface area contributed by atoms with E-state index in [1.165, 1.54) is 37.5 Å². The number of carboxylic acids is 1. The fourth-order valence-corrected chi connectivity index (χ4v) is 6.13. The number of carbonyl (C=O) groups is 2. The molecule has 2 atom stereocenters. The first-order valence-electron chi connectivity index (χ1n) is 12.5. The second-order valence-electron chi connectivity index (χ2n) is 10.3. The number of carbonyl (C=O) groups excluding carboxylic acids is 1. The van der Waals surface area contributed by atoms with E-state index in [4.69, 9.17) is 21.1 Å². The summed E-state index contributed by atoms with van der Waals surface area (Å²) < 4.78 is 11.2. The lowest BCUT2D eigenvalue weighted by Crippen LogP contribution is -2.47. The summed E-state index contributed by atoms with van der Waals surface area (Å²) in [6.07, 6.45) is 6.61. The molecule has 5 rings (SSSR count). The number of anilines is 1. The molecule has 0 aromatic heterocycles. The number of esters is 1. The van der Waals surface area contributed by atoms with Crippen molar-refractivity contribution < 1.29 is 24.2 Å². The number of nitrogens with zero attached hydrogens (tertiary/aromatic N) is 1. The number of ether oxygens (including phenoxy) is 2. The molecule has 1 N–H and O–H groups in total. The zero-order chi connectivity index (χ0) is 24.6. The van der Waals surface area contributed by atoms with Gasteiger partial charge in [0.25, 0.3) is 0 Å². The number of fused-ring (bicyclic) bond motifs is 3. The molecule has 0 radical (unpaired) electrons. The average molecular weight is 498 g/mol. The topological polar surface area (TPSA) is 76.1 Å². The molecule has 0 unspecified atom stereocenters. The summed E-state index contributed by atoms with van der Waals surface area (Å²) in [5, 5.41) is 10.6. The van der Waals surface area contributed by atoms with Crippen LogP contribution in [0.1, 0.15) is 61.1 Å². The zero-order valence-electron chi connectivity index (χ0n) is 20.1. The van der Waals surface area contributed by atoms with Gasteiger partial charge in [-0.3, -0.25) is 9.59 Å². The maximum atomic E-state index is 12.0. The first-order chi connectivity index (χ1) is 16.9. The van der Waals surface area contributed by atoms with E-state index >= 15 is 0 Å². The molecule has 1 spiro atoms. The van der Waals surface area contributed by atoms with Crippen LogP contribution in [0, 0.1) is 5.92 Å². The third-order valence-corrected chi connectivity index (χ3v) is 8.30. The third-order valence-electron chi connectivity index (χ3n) is 8.06. The summed E-state index contributed by atoms with van der Waals surface area (Å²) in [4.78, 5) is 26.4. The van der Waals surface area contributed by atoms with Crippen molar-refractivity contribution >= 4 is 29.2 Å². The van der Waals surface area contributed by atoms with E-state index in [1.54, 1.807) is 6.07 Å². The lowest BCUT2D eigenvalue weighted by atomic mass is 9.70. The number of hydrogen-bond acceptors (Lipinski definition) is 5. The highest BCUT2D eigenvalue weighted by molar-refractivity contribution is 6.30. The Kier molecular flexibility index (Phi) is 6.67. The van der Waals surface area contributed by atoms with Crippen LogP contribution in [0.5, 0.6) is 5.75 Å². The van der Waals surface area contributed by atoms with E-state index in [2.05, 4.69) is 17.0 Å². The van der Waals surface area contributed by atoms with Crippen molar-refractivity contribution in [2.45, 2.75) is 56.3 Å². The van der Waals surface area contributed by atoms with Gasteiger partial charge in [-0.15, -0.1) is 0 Å². The van der Waals surface area contributed by atoms with Gasteiger partial charge in [0, 0.05) is 23.5 Å². The molecule has 1 fully saturated rings. The van der Waals surface area contributed by atoms with Crippen LogP contribution in [-0.2, 0) is 26.2 Å². The number of methoxy groups -OCH3 is 1. The molecule has 1 saturated carbocycles. The molecule has 0 bridgehead atoms. The number of aryl methyl sites for hydroxylation is 1. The van der Waals surface area contributed by atoms with Gasteiger partial charge in [0.1, 0.15) is 5.75 Å². The van der Waals surface area contributed by atoms with Crippen molar-refractivity contribution in [3.05, 3.63) is 58.1 Å². The molecular formula is C28H32ClNO5. The summed E-state index contributed by atoms with van der Waals surface area (Å²) >= 11 is 6.33. The SMILES string of the molecule is COC(=O)C[C@H](C(=O)O)c1ccc2c(c1)N(CC1CCC1)C[C@@]1(CCCc3cc(Cl)ccc31)CO2. The van der Waals surface area contributed by atoms with Crippen LogP contribution in [0.2, 0.25) is 5.02 Å². The summed E-state index contributed by atoms with van der Waals surface area (Å²) in [7, 11) is 1.28. The minimum atomic E-state index is -1.04. The molecule has 1 aliphatic heterocycles. The summed E-state index contributed by atoms with van der Waals surface area (Å²) in [6, 6.07) is 11.8. The number of halogens is 1. The van der Waals surface area contributed by atoms with Crippen LogP contribution >= 0.6 is 11.6 Å². The second kappa shape index (κ2) is 9.73. The van der Waals surface area contributed by atoms with Gasteiger partial charge in [0.05, 0.1) is 31.7 Å². The Hall–Kier alpha value is -2.73. The number of hydrogen-bond donors (Lipinski definition) is 1. The van der Waals surface area contributed by atoms with Gasteiger partial charge in [-0.25, -0.2) is 0 Å². The highest BCUT2D eigenvalue weighted by atomic mass is 35.5. The molecule has 0 amide bonds. The van der Waals surface area contributed by atoms with Gasteiger partial charge in [0.2, 0.25) is 0 Å². The Labute approximate surface area is 211 Å². The monoisotopic (exact) mass is 497 g/mol. The first-order valence-corrected chi connectivity index (χ1v) is 12.9. The van der Waals surface area contributed by atoms with Crippen molar-refractivity contribution in [2.24, 2.45) is 5.92 Å². The fourth-order valence-electron chi connectivity index (χ4n) is 5.93. The lowest BCUT2D eigenvalue weighted by Gasteiger charge is -2.42. The number of rotatable bonds is 6. The summed E-state index contributed by atoms with van der Waals surface area (Å²) in [5.74, 6) is -1.14. The van der Waals surface area contributed by atoms with Crippen LogP contribution in [-0.4, -0.2) is 43.9 Å². The molecule has 1 heterocycles. The van der Waals surface area contributed by atoms with Gasteiger partial charge in [0.15, 0.2) is 0 Å². The van der Waals surface area contributed by atoms with Crippen LogP contribution in [0.3, 0.4) is 0 Å². The van der Waals surface area contributed by atoms with Gasteiger partial charge in [-0.2, -0.15) is 0 Å². The first kappa shape index (κ1) is 24.0. The molecule has 2 aromatic rings. The van der Waals surface area contributed by atoms with Gasteiger partial charge < -0.3 is 19.5 Å². The van der Waals surface area contributed by atoms with Crippen LogP contribution in [0.4, 0.5) is 5.69 Å².